The van der Waals surface area contributed by atoms with Gasteiger partial charge in [-0.3, -0.25) is 9.59 Å². The third-order valence-electron chi connectivity index (χ3n) is 4.15. The molecule has 0 aliphatic heterocycles. The Bertz CT molecular complexity index is 758. The van der Waals surface area contributed by atoms with Crippen LogP contribution in [0.15, 0.2) is 36.4 Å². The van der Waals surface area contributed by atoms with Crippen LogP contribution in [-0.2, 0) is 9.59 Å². The molecule has 2 aromatic carbocycles. The Morgan fingerprint density at radius 2 is 0.833 bits per heavy atom. The van der Waals surface area contributed by atoms with Crippen molar-refractivity contribution in [3.05, 3.63) is 56.5 Å². The number of esters is 2. The summed E-state index contributed by atoms with van der Waals surface area (Å²) in [6, 6.07) is 9.36. The molecule has 8 heteroatoms. The van der Waals surface area contributed by atoms with Gasteiger partial charge in [-0.15, -0.1) is 0 Å². The Labute approximate surface area is 196 Å². The van der Waals surface area contributed by atoms with Gasteiger partial charge in [0.1, 0.15) is 11.5 Å². The number of halogens is 4. The van der Waals surface area contributed by atoms with E-state index in [9.17, 15) is 9.59 Å². The first-order valence-electron chi connectivity index (χ1n) is 9.65. The van der Waals surface area contributed by atoms with Crippen LogP contribution in [0.5, 0.6) is 11.5 Å². The van der Waals surface area contributed by atoms with Crippen molar-refractivity contribution >= 4 is 58.3 Å². The van der Waals surface area contributed by atoms with E-state index in [0.29, 0.717) is 44.4 Å². The predicted molar refractivity (Wildman–Crippen MR) is 121 cm³/mol. The largest absolute Gasteiger partial charge is 0.426 e. The third kappa shape index (κ3) is 10.0. The molecule has 0 fully saturated rings. The zero-order valence-electron chi connectivity index (χ0n) is 16.3. The van der Waals surface area contributed by atoms with Crippen molar-refractivity contribution in [3.63, 3.8) is 0 Å². The number of unbranched alkanes of at least 4 members (excludes halogenated alkanes) is 5. The number of benzene rings is 2. The lowest BCUT2D eigenvalue weighted by Crippen LogP contribution is -2.07. The third-order valence-corrected chi connectivity index (χ3v) is 5.02. The standard InChI is InChI=1S/C22H22Cl4O4/c23-15-9-16(24)12-19(11-15)29-21(27)7-5-3-1-2-4-6-8-22(28)30-20-13-17(25)10-18(26)14-20/h9-14H,1-8H2. The minimum atomic E-state index is -0.308. The summed E-state index contributed by atoms with van der Waals surface area (Å²) in [4.78, 5) is 23.7. The molecule has 0 aromatic heterocycles. The monoisotopic (exact) mass is 490 g/mol. The molecule has 0 saturated heterocycles. The quantitative estimate of drug-likeness (QED) is 0.182. The van der Waals surface area contributed by atoms with Crippen LogP contribution in [0.1, 0.15) is 51.4 Å². The first-order valence-corrected chi connectivity index (χ1v) is 11.2. The van der Waals surface area contributed by atoms with Crippen molar-refractivity contribution in [1.82, 2.24) is 0 Å². The maximum atomic E-state index is 11.9. The summed E-state index contributed by atoms with van der Waals surface area (Å²) >= 11 is 23.5. The minimum absolute atomic E-state index is 0.308. The van der Waals surface area contributed by atoms with Gasteiger partial charge in [0.2, 0.25) is 0 Å². The van der Waals surface area contributed by atoms with Gasteiger partial charge in [0, 0.05) is 32.9 Å². The summed E-state index contributed by atoms with van der Waals surface area (Å²) < 4.78 is 10.5. The number of hydrogen-bond donors (Lipinski definition) is 0. The second kappa shape index (κ2) is 13.1. The van der Waals surface area contributed by atoms with Crippen LogP contribution >= 0.6 is 46.4 Å². The van der Waals surface area contributed by atoms with Gasteiger partial charge in [-0.25, -0.2) is 0 Å². The molecule has 0 spiro atoms. The van der Waals surface area contributed by atoms with Crippen LogP contribution in [0, 0.1) is 0 Å². The fraction of sp³-hybridized carbons (Fsp3) is 0.364. The van der Waals surface area contributed by atoms with Crippen molar-refractivity contribution < 1.29 is 19.1 Å². The lowest BCUT2D eigenvalue weighted by Gasteiger charge is -2.06. The van der Waals surface area contributed by atoms with E-state index >= 15 is 0 Å². The molecule has 30 heavy (non-hydrogen) atoms. The van der Waals surface area contributed by atoms with Crippen LogP contribution in [-0.4, -0.2) is 11.9 Å². The van der Waals surface area contributed by atoms with Crippen molar-refractivity contribution in [2.75, 3.05) is 0 Å². The average molecular weight is 492 g/mol. The van der Waals surface area contributed by atoms with Gasteiger partial charge in [-0.2, -0.15) is 0 Å². The van der Waals surface area contributed by atoms with Crippen molar-refractivity contribution in [2.24, 2.45) is 0 Å². The van der Waals surface area contributed by atoms with Crippen LogP contribution in [0.4, 0.5) is 0 Å². The number of carbonyl (C=O) groups excluding carboxylic acids is 2. The number of ether oxygens (including phenoxy) is 2. The second-order valence-electron chi connectivity index (χ2n) is 6.78. The molecule has 0 N–H and O–H groups in total. The summed E-state index contributed by atoms with van der Waals surface area (Å²) in [7, 11) is 0. The van der Waals surface area contributed by atoms with Gasteiger partial charge in [-0.05, 0) is 49.2 Å². The lowest BCUT2D eigenvalue weighted by atomic mass is 10.1. The van der Waals surface area contributed by atoms with E-state index in [1.807, 2.05) is 0 Å². The average Bonchev–Trinajstić information content (AvgIpc) is 2.62. The molecule has 0 bridgehead atoms. The summed E-state index contributed by atoms with van der Waals surface area (Å²) in [5, 5.41) is 1.69. The molecule has 0 aliphatic rings. The number of carbonyl (C=O) groups is 2. The zero-order chi connectivity index (χ0) is 21.9. The molecule has 162 valence electrons. The number of hydrogen-bond acceptors (Lipinski definition) is 4. The van der Waals surface area contributed by atoms with Crippen LogP contribution in [0.2, 0.25) is 20.1 Å². The molecule has 0 saturated carbocycles. The molecule has 0 radical (unpaired) electrons. The van der Waals surface area contributed by atoms with Crippen molar-refractivity contribution in [1.29, 1.82) is 0 Å². The van der Waals surface area contributed by atoms with E-state index in [-0.39, 0.29) is 11.9 Å². The van der Waals surface area contributed by atoms with Gasteiger partial charge in [-0.1, -0.05) is 72.1 Å². The van der Waals surface area contributed by atoms with Gasteiger partial charge < -0.3 is 9.47 Å². The van der Waals surface area contributed by atoms with E-state index in [0.717, 1.165) is 38.5 Å². The Hall–Kier alpha value is -1.46. The highest BCUT2D eigenvalue weighted by atomic mass is 35.5. The molecular formula is C22H22Cl4O4. The molecule has 4 nitrogen and oxygen atoms in total. The van der Waals surface area contributed by atoms with Crippen molar-refractivity contribution in [2.45, 2.75) is 51.4 Å². The highest BCUT2D eigenvalue weighted by Gasteiger charge is 2.08. The van der Waals surface area contributed by atoms with E-state index in [1.165, 1.54) is 0 Å². The molecule has 0 atom stereocenters. The van der Waals surface area contributed by atoms with E-state index < -0.39 is 0 Å². The Kier molecular flexibility index (Phi) is 10.8. The van der Waals surface area contributed by atoms with E-state index in [2.05, 4.69) is 0 Å². The molecule has 0 unspecified atom stereocenters. The summed E-state index contributed by atoms with van der Waals surface area (Å²) in [6.07, 6.45) is 5.94. The molecule has 0 heterocycles. The maximum absolute atomic E-state index is 11.9. The summed E-state index contributed by atoms with van der Waals surface area (Å²) in [5.74, 6) is 0.0863. The SMILES string of the molecule is O=C(CCCCCCCCC(=O)Oc1cc(Cl)cc(Cl)c1)Oc1cc(Cl)cc(Cl)c1. The Balaban J connectivity index is 1.51. The molecule has 2 aromatic rings. The molecular weight excluding hydrogens is 470 g/mol. The predicted octanol–water partition coefficient (Wildman–Crippen LogP) is 7.93. The van der Waals surface area contributed by atoms with Crippen LogP contribution < -0.4 is 9.47 Å². The van der Waals surface area contributed by atoms with E-state index in [1.54, 1.807) is 36.4 Å². The van der Waals surface area contributed by atoms with Gasteiger partial charge in [0.15, 0.2) is 0 Å². The lowest BCUT2D eigenvalue weighted by molar-refractivity contribution is -0.135. The van der Waals surface area contributed by atoms with Crippen LogP contribution in [0.25, 0.3) is 0 Å². The zero-order valence-corrected chi connectivity index (χ0v) is 19.3. The first-order chi connectivity index (χ1) is 14.3. The van der Waals surface area contributed by atoms with Gasteiger partial charge in [0.05, 0.1) is 0 Å². The Morgan fingerprint density at radius 3 is 1.17 bits per heavy atom. The van der Waals surface area contributed by atoms with Crippen molar-refractivity contribution in [3.8, 4) is 11.5 Å². The summed E-state index contributed by atoms with van der Waals surface area (Å²) in [6.45, 7) is 0. The molecule has 2 rings (SSSR count). The molecule has 0 amide bonds. The fourth-order valence-corrected chi connectivity index (χ4v) is 3.80. The van der Waals surface area contributed by atoms with Gasteiger partial charge in [0.25, 0.3) is 0 Å². The van der Waals surface area contributed by atoms with Crippen LogP contribution in [0.3, 0.4) is 0 Å². The normalized spacial score (nSPS) is 10.7. The minimum Gasteiger partial charge on any atom is -0.426 e. The second-order valence-corrected chi connectivity index (χ2v) is 8.53. The fourth-order valence-electron chi connectivity index (χ4n) is 2.79. The highest BCUT2D eigenvalue weighted by Crippen LogP contribution is 2.25. The number of rotatable bonds is 11. The maximum Gasteiger partial charge on any atom is 0.311 e. The Morgan fingerprint density at radius 1 is 0.533 bits per heavy atom. The molecule has 0 aliphatic carbocycles. The highest BCUT2D eigenvalue weighted by molar-refractivity contribution is 6.35. The van der Waals surface area contributed by atoms with E-state index in [4.69, 9.17) is 55.9 Å². The first kappa shape index (κ1) is 24.8. The smallest absolute Gasteiger partial charge is 0.311 e. The topological polar surface area (TPSA) is 52.6 Å². The summed E-state index contributed by atoms with van der Waals surface area (Å²) in [5.41, 5.74) is 0. The van der Waals surface area contributed by atoms with Gasteiger partial charge >= 0.3 is 11.9 Å².